The largest absolute Gasteiger partial charge is 0.392 e. The molecular weight excluding hydrogens is 290 g/mol. The average molecular weight is 315 g/mol. The van der Waals surface area contributed by atoms with Gasteiger partial charge in [-0.05, 0) is 24.5 Å². The van der Waals surface area contributed by atoms with E-state index in [1.54, 1.807) is 31.4 Å². The predicted octanol–water partition coefficient (Wildman–Crippen LogP) is 2.00. The summed E-state index contributed by atoms with van der Waals surface area (Å²) in [5.74, 6) is 0. The standard InChI is InChI=1S/C15H25NO4S/c1-4-14(5-2)16(10-11-20-3)21(18,19)15-9-7-6-8-13(15)12-17/h6-9,14,17H,4-5,10-12H2,1-3H3. The number of hydrogen-bond acceptors (Lipinski definition) is 4. The molecule has 0 aliphatic carbocycles. The topological polar surface area (TPSA) is 66.8 Å². The maximum absolute atomic E-state index is 12.9. The maximum Gasteiger partial charge on any atom is 0.243 e. The smallest absolute Gasteiger partial charge is 0.243 e. The van der Waals surface area contributed by atoms with Crippen LogP contribution in [0.5, 0.6) is 0 Å². The molecule has 0 aliphatic heterocycles. The molecule has 0 amide bonds. The molecule has 0 atom stereocenters. The van der Waals surface area contributed by atoms with Gasteiger partial charge >= 0.3 is 0 Å². The van der Waals surface area contributed by atoms with E-state index in [0.717, 1.165) is 12.8 Å². The van der Waals surface area contributed by atoms with Gasteiger partial charge < -0.3 is 9.84 Å². The normalized spacial score (nSPS) is 12.3. The highest BCUT2D eigenvalue weighted by Gasteiger charge is 2.30. The lowest BCUT2D eigenvalue weighted by molar-refractivity contribution is 0.163. The van der Waals surface area contributed by atoms with Crippen LogP contribution in [0.2, 0.25) is 0 Å². The zero-order chi connectivity index (χ0) is 15.9. The van der Waals surface area contributed by atoms with Gasteiger partial charge in [-0.25, -0.2) is 8.42 Å². The minimum atomic E-state index is -3.65. The number of aliphatic hydroxyl groups excluding tert-OH is 1. The summed E-state index contributed by atoms with van der Waals surface area (Å²) in [5.41, 5.74) is 0.422. The molecule has 21 heavy (non-hydrogen) atoms. The van der Waals surface area contributed by atoms with Crippen LogP contribution in [0.1, 0.15) is 32.3 Å². The number of rotatable bonds is 9. The van der Waals surface area contributed by atoms with Crippen LogP contribution in [-0.2, 0) is 21.4 Å². The first-order valence-corrected chi connectivity index (χ1v) is 8.66. The third-order valence-corrected chi connectivity index (χ3v) is 5.65. The molecule has 1 aromatic carbocycles. The molecule has 0 aliphatic rings. The maximum atomic E-state index is 12.9. The van der Waals surface area contributed by atoms with Gasteiger partial charge in [-0.3, -0.25) is 0 Å². The van der Waals surface area contributed by atoms with Gasteiger partial charge in [0.15, 0.2) is 0 Å². The Hall–Kier alpha value is -0.950. The third-order valence-electron chi connectivity index (χ3n) is 3.60. The van der Waals surface area contributed by atoms with Crippen molar-refractivity contribution in [1.29, 1.82) is 0 Å². The minimum absolute atomic E-state index is 0.0723. The van der Waals surface area contributed by atoms with Gasteiger partial charge in [-0.1, -0.05) is 32.0 Å². The second-order valence-corrected chi connectivity index (χ2v) is 6.70. The van der Waals surface area contributed by atoms with Crippen molar-refractivity contribution in [3.8, 4) is 0 Å². The molecule has 1 N–H and O–H groups in total. The molecule has 0 saturated heterocycles. The zero-order valence-corrected chi connectivity index (χ0v) is 13.8. The zero-order valence-electron chi connectivity index (χ0n) is 12.9. The van der Waals surface area contributed by atoms with Crippen LogP contribution in [0.25, 0.3) is 0 Å². The van der Waals surface area contributed by atoms with Gasteiger partial charge in [0.1, 0.15) is 0 Å². The number of aliphatic hydroxyl groups is 1. The highest BCUT2D eigenvalue weighted by Crippen LogP contribution is 2.24. The molecule has 5 nitrogen and oxygen atoms in total. The fourth-order valence-electron chi connectivity index (χ4n) is 2.39. The van der Waals surface area contributed by atoms with Gasteiger partial charge in [0, 0.05) is 19.7 Å². The number of hydrogen-bond donors (Lipinski definition) is 1. The summed E-state index contributed by atoms with van der Waals surface area (Å²) in [4.78, 5) is 0.176. The van der Waals surface area contributed by atoms with E-state index in [4.69, 9.17) is 4.74 Å². The molecule has 6 heteroatoms. The Labute approximate surface area is 127 Å². The molecule has 0 heterocycles. The molecule has 0 unspecified atom stereocenters. The van der Waals surface area contributed by atoms with Crippen LogP contribution in [0.3, 0.4) is 0 Å². The van der Waals surface area contributed by atoms with E-state index in [1.807, 2.05) is 13.8 Å². The second kappa shape index (κ2) is 8.48. The average Bonchev–Trinajstić information content (AvgIpc) is 2.51. The van der Waals surface area contributed by atoms with Crippen LogP contribution in [0, 0.1) is 0 Å². The lowest BCUT2D eigenvalue weighted by atomic mass is 10.2. The van der Waals surface area contributed by atoms with E-state index in [1.165, 1.54) is 4.31 Å². The summed E-state index contributed by atoms with van der Waals surface area (Å²) in [6.07, 6.45) is 1.47. The van der Waals surface area contributed by atoms with Crippen molar-refractivity contribution >= 4 is 10.0 Å². The lowest BCUT2D eigenvalue weighted by Gasteiger charge is -2.30. The fourth-order valence-corrected chi connectivity index (χ4v) is 4.36. The first kappa shape index (κ1) is 18.1. The molecule has 0 aromatic heterocycles. The van der Waals surface area contributed by atoms with E-state index < -0.39 is 10.0 Å². The number of sulfonamides is 1. The van der Waals surface area contributed by atoms with Gasteiger partial charge in [0.05, 0.1) is 18.1 Å². The van der Waals surface area contributed by atoms with Gasteiger partial charge in [0.25, 0.3) is 0 Å². The molecule has 0 fully saturated rings. The monoisotopic (exact) mass is 315 g/mol. The number of nitrogens with zero attached hydrogens (tertiary/aromatic N) is 1. The molecule has 1 rings (SSSR count). The quantitative estimate of drug-likeness (QED) is 0.757. The summed E-state index contributed by atoms with van der Waals surface area (Å²) in [6, 6.07) is 6.50. The van der Waals surface area contributed by atoms with Crippen LogP contribution in [0.15, 0.2) is 29.2 Å². The summed E-state index contributed by atoms with van der Waals surface area (Å²) in [7, 11) is -2.09. The Morgan fingerprint density at radius 1 is 1.24 bits per heavy atom. The van der Waals surface area contributed by atoms with E-state index in [0.29, 0.717) is 18.7 Å². The number of ether oxygens (including phenoxy) is 1. The Morgan fingerprint density at radius 2 is 1.86 bits per heavy atom. The van der Waals surface area contributed by atoms with Crippen LogP contribution in [-0.4, -0.2) is 44.1 Å². The number of benzene rings is 1. The van der Waals surface area contributed by atoms with E-state index >= 15 is 0 Å². The lowest BCUT2D eigenvalue weighted by Crippen LogP contribution is -2.42. The molecule has 120 valence electrons. The molecule has 0 radical (unpaired) electrons. The Bertz CT molecular complexity index is 526. The third kappa shape index (κ3) is 4.26. The van der Waals surface area contributed by atoms with Crippen molar-refractivity contribution in [3.63, 3.8) is 0 Å². The molecule has 0 spiro atoms. The summed E-state index contributed by atoms with van der Waals surface area (Å²) in [6.45, 7) is 4.31. The van der Waals surface area contributed by atoms with Crippen LogP contribution < -0.4 is 0 Å². The predicted molar refractivity (Wildman–Crippen MR) is 82.5 cm³/mol. The van der Waals surface area contributed by atoms with Crippen molar-refractivity contribution in [1.82, 2.24) is 4.31 Å². The summed E-state index contributed by atoms with van der Waals surface area (Å²) in [5, 5.41) is 9.38. The SMILES string of the molecule is CCC(CC)N(CCOC)S(=O)(=O)c1ccccc1CO. The molecule has 0 bridgehead atoms. The highest BCUT2D eigenvalue weighted by atomic mass is 32.2. The van der Waals surface area contributed by atoms with Crippen molar-refractivity contribution in [2.24, 2.45) is 0 Å². The second-order valence-electron chi connectivity index (χ2n) is 4.84. The van der Waals surface area contributed by atoms with Gasteiger partial charge in [0.2, 0.25) is 10.0 Å². The molecule has 1 aromatic rings. The molecular formula is C15H25NO4S. The summed E-state index contributed by atoms with van der Waals surface area (Å²) >= 11 is 0. The van der Waals surface area contributed by atoms with Crippen LogP contribution in [0.4, 0.5) is 0 Å². The Kier molecular flexibility index (Phi) is 7.31. The minimum Gasteiger partial charge on any atom is -0.392 e. The Morgan fingerprint density at radius 3 is 2.38 bits per heavy atom. The van der Waals surface area contributed by atoms with Crippen molar-refractivity contribution in [3.05, 3.63) is 29.8 Å². The van der Waals surface area contributed by atoms with E-state index in [-0.39, 0.29) is 17.5 Å². The van der Waals surface area contributed by atoms with E-state index in [9.17, 15) is 13.5 Å². The van der Waals surface area contributed by atoms with Gasteiger partial charge in [-0.2, -0.15) is 4.31 Å². The van der Waals surface area contributed by atoms with E-state index in [2.05, 4.69) is 0 Å². The number of methoxy groups -OCH3 is 1. The van der Waals surface area contributed by atoms with Crippen molar-refractivity contribution in [2.75, 3.05) is 20.3 Å². The molecule has 0 saturated carbocycles. The van der Waals surface area contributed by atoms with Gasteiger partial charge in [-0.15, -0.1) is 0 Å². The first-order valence-electron chi connectivity index (χ1n) is 7.22. The fraction of sp³-hybridized carbons (Fsp3) is 0.600. The highest BCUT2D eigenvalue weighted by molar-refractivity contribution is 7.89. The first-order chi connectivity index (χ1) is 10.0. The van der Waals surface area contributed by atoms with Crippen LogP contribution >= 0.6 is 0 Å². The Balaban J connectivity index is 3.25. The van der Waals surface area contributed by atoms with Crippen molar-refractivity contribution < 1.29 is 18.3 Å². The van der Waals surface area contributed by atoms with Crippen molar-refractivity contribution in [2.45, 2.75) is 44.2 Å². The summed E-state index contributed by atoms with van der Waals surface area (Å²) < 4.78 is 32.4.